The van der Waals surface area contributed by atoms with Crippen LogP contribution in [0.5, 0.6) is 0 Å². The van der Waals surface area contributed by atoms with E-state index in [4.69, 9.17) is 5.11 Å². The van der Waals surface area contributed by atoms with Gasteiger partial charge in [0.05, 0.1) is 5.56 Å². The Morgan fingerprint density at radius 1 is 1.44 bits per heavy atom. The summed E-state index contributed by atoms with van der Waals surface area (Å²) >= 11 is 0. The molecular weight excluding hydrogens is 247 g/mol. The highest BCUT2D eigenvalue weighted by Crippen LogP contribution is 2.35. The number of rotatable bonds is 3. The number of fused-ring (bicyclic) bond motifs is 1. The van der Waals surface area contributed by atoms with E-state index in [1.54, 1.807) is 0 Å². The number of aliphatic carboxylic acids is 1. The Morgan fingerprint density at radius 2 is 2.17 bits per heavy atom. The van der Waals surface area contributed by atoms with Crippen molar-refractivity contribution in [2.45, 2.75) is 31.5 Å². The minimum atomic E-state index is -4.35. The lowest BCUT2D eigenvalue weighted by molar-refractivity contribution is -0.138. The van der Waals surface area contributed by atoms with E-state index in [-0.39, 0.29) is 12.5 Å². The van der Waals surface area contributed by atoms with Crippen molar-refractivity contribution in [2.24, 2.45) is 0 Å². The summed E-state index contributed by atoms with van der Waals surface area (Å²) in [6, 6.07) is 3.49. The molecule has 1 atom stereocenters. The molecule has 2 N–H and O–H groups in total. The Balaban J connectivity index is 2.08. The largest absolute Gasteiger partial charge is 0.481 e. The van der Waals surface area contributed by atoms with Gasteiger partial charge in [-0.3, -0.25) is 4.79 Å². The molecule has 0 bridgehead atoms. The molecule has 0 amide bonds. The molecule has 1 heterocycles. The van der Waals surface area contributed by atoms with Crippen molar-refractivity contribution in [3.63, 3.8) is 0 Å². The average Bonchev–Trinajstić information content (AvgIpc) is 2.66. The van der Waals surface area contributed by atoms with Gasteiger partial charge < -0.3 is 10.4 Å². The van der Waals surface area contributed by atoms with E-state index < -0.39 is 17.7 Å². The number of carboxylic acid groups (broad SMARTS) is 1. The van der Waals surface area contributed by atoms with E-state index in [0.717, 1.165) is 17.7 Å². The van der Waals surface area contributed by atoms with Crippen LogP contribution in [0, 0.1) is 0 Å². The third-order valence-electron chi connectivity index (χ3n) is 2.97. The molecule has 1 unspecified atom stereocenters. The quantitative estimate of drug-likeness (QED) is 0.877. The Kier molecular flexibility index (Phi) is 3.19. The van der Waals surface area contributed by atoms with Crippen molar-refractivity contribution >= 4 is 11.7 Å². The van der Waals surface area contributed by atoms with Crippen LogP contribution in [-0.4, -0.2) is 17.1 Å². The van der Waals surface area contributed by atoms with E-state index in [0.29, 0.717) is 18.5 Å². The van der Waals surface area contributed by atoms with E-state index >= 15 is 0 Å². The number of halogens is 3. The zero-order valence-electron chi connectivity index (χ0n) is 9.42. The Morgan fingerprint density at radius 3 is 2.78 bits per heavy atom. The minimum absolute atomic E-state index is 0.0117. The standard InChI is InChI=1S/C12H12F3NO2/c13-12(14,15)8-2-1-7-5-9(3-4-11(17)18)16-10(7)6-8/h1-2,6,9,16H,3-5H2,(H,17,18). The topological polar surface area (TPSA) is 49.3 Å². The molecule has 0 aliphatic carbocycles. The van der Waals surface area contributed by atoms with Gasteiger partial charge in [-0.05, 0) is 30.5 Å². The SMILES string of the molecule is O=C(O)CCC1Cc2ccc(C(F)(F)F)cc2N1. The second-order valence-corrected chi connectivity index (χ2v) is 4.35. The third kappa shape index (κ3) is 2.75. The summed E-state index contributed by atoms with van der Waals surface area (Å²) in [7, 11) is 0. The first kappa shape index (κ1) is 12.7. The highest BCUT2D eigenvalue weighted by molar-refractivity contribution is 5.67. The van der Waals surface area contributed by atoms with Gasteiger partial charge in [0.15, 0.2) is 0 Å². The molecule has 1 aromatic carbocycles. The fourth-order valence-electron chi connectivity index (χ4n) is 2.07. The highest BCUT2D eigenvalue weighted by Gasteiger charge is 2.32. The maximum Gasteiger partial charge on any atom is 0.416 e. The number of anilines is 1. The molecule has 1 aromatic rings. The lowest BCUT2D eigenvalue weighted by Gasteiger charge is -2.10. The van der Waals surface area contributed by atoms with Gasteiger partial charge in [-0.15, -0.1) is 0 Å². The number of alkyl halides is 3. The van der Waals surface area contributed by atoms with Crippen molar-refractivity contribution in [1.82, 2.24) is 0 Å². The van der Waals surface area contributed by atoms with Crippen LogP contribution in [0.15, 0.2) is 18.2 Å². The minimum Gasteiger partial charge on any atom is -0.481 e. The van der Waals surface area contributed by atoms with Gasteiger partial charge in [0.2, 0.25) is 0 Å². The number of hydrogen-bond acceptors (Lipinski definition) is 2. The summed E-state index contributed by atoms with van der Waals surface area (Å²) in [5, 5.41) is 11.5. The molecule has 0 aromatic heterocycles. The predicted molar refractivity (Wildman–Crippen MR) is 59.4 cm³/mol. The van der Waals surface area contributed by atoms with Gasteiger partial charge in [-0.2, -0.15) is 13.2 Å². The van der Waals surface area contributed by atoms with Gasteiger partial charge in [0, 0.05) is 18.2 Å². The number of carbonyl (C=O) groups is 1. The van der Waals surface area contributed by atoms with E-state index in [9.17, 15) is 18.0 Å². The van der Waals surface area contributed by atoms with Crippen LogP contribution in [0.25, 0.3) is 0 Å². The van der Waals surface area contributed by atoms with Gasteiger partial charge in [-0.1, -0.05) is 6.07 Å². The van der Waals surface area contributed by atoms with Crippen LogP contribution in [0.3, 0.4) is 0 Å². The lowest BCUT2D eigenvalue weighted by Crippen LogP contribution is -2.16. The molecule has 98 valence electrons. The summed E-state index contributed by atoms with van der Waals surface area (Å²) < 4.78 is 37.5. The molecule has 0 saturated heterocycles. The zero-order valence-corrected chi connectivity index (χ0v) is 9.42. The number of hydrogen-bond donors (Lipinski definition) is 2. The fraction of sp³-hybridized carbons (Fsp3) is 0.417. The van der Waals surface area contributed by atoms with Crippen molar-refractivity contribution in [3.8, 4) is 0 Å². The van der Waals surface area contributed by atoms with Crippen molar-refractivity contribution < 1.29 is 23.1 Å². The Labute approximate surface area is 102 Å². The first-order chi connectivity index (χ1) is 8.36. The van der Waals surface area contributed by atoms with E-state index in [1.807, 2.05) is 0 Å². The number of carboxylic acids is 1. The molecule has 0 radical (unpaired) electrons. The summed E-state index contributed by atoms with van der Waals surface area (Å²) in [5.41, 5.74) is 0.575. The average molecular weight is 259 g/mol. The van der Waals surface area contributed by atoms with Gasteiger partial charge in [0.1, 0.15) is 0 Å². The second kappa shape index (κ2) is 4.51. The first-order valence-corrected chi connectivity index (χ1v) is 5.54. The number of nitrogens with one attached hydrogen (secondary N) is 1. The van der Waals surface area contributed by atoms with Gasteiger partial charge in [0.25, 0.3) is 0 Å². The first-order valence-electron chi connectivity index (χ1n) is 5.54. The second-order valence-electron chi connectivity index (χ2n) is 4.35. The zero-order chi connectivity index (χ0) is 13.3. The fourth-order valence-corrected chi connectivity index (χ4v) is 2.07. The Hall–Kier alpha value is -1.72. The van der Waals surface area contributed by atoms with Crippen molar-refractivity contribution in [2.75, 3.05) is 5.32 Å². The van der Waals surface area contributed by atoms with Crippen LogP contribution in [-0.2, 0) is 17.4 Å². The molecular formula is C12H12F3NO2. The van der Waals surface area contributed by atoms with E-state index in [2.05, 4.69) is 5.32 Å². The van der Waals surface area contributed by atoms with Crippen LogP contribution in [0.4, 0.5) is 18.9 Å². The van der Waals surface area contributed by atoms with Crippen molar-refractivity contribution in [1.29, 1.82) is 0 Å². The number of benzene rings is 1. The molecule has 6 heteroatoms. The third-order valence-corrected chi connectivity index (χ3v) is 2.97. The molecule has 0 fully saturated rings. The monoisotopic (exact) mass is 259 g/mol. The normalized spacial score (nSPS) is 18.3. The molecule has 3 nitrogen and oxygen atoms in total. The van der Waals surface area contributed by atoms with Crippen molar-refractivity contribution in [3.05, 3.63) is 29.3 Å². The van der Waals surface area contributed by atoms with Crippen LogP contribution in [0.1, 0.15) is 24.0 Å². The lowest BCUT2D eigenvalue weighted by atomic mass is 10.0. The molecule has 18 heavy (non-hydrogen) atoms. The highest BCUT2D eigenvalue weighted by atomic mass is 19.4. The van der Waals surface area contributed by atoms with E-state index in [1.165, 1.54) is 6.07 Å². The van der Waals surface area contributed by atoms with Crippen LogP contribution in [0.2, 0.25) is 0 Å². The predicted octanol–water partition coefficient (Wildman–Crippen LogP) is 2.91. The van der Waals surface area contributed by atoms with Crippen LogP contribution < -0.4 is 5.32 Å². The van der Waals surface area contributed by atoms with Gasteiger partial charge >= 0.3 is 12.1 Å². The molecule has 0 spiro atoms. The summed E-state index contributed by atoms with van der Waals surface area (Å²) in [6.45, 7) is 0. The summed E-state index contributed by atoms with van der Waals surface area (Å²) in [6.07, 6.45) is -3.36. The van der Waals surface area contributed by atoms with Gasteiger partial charge in [-0.25, -0.2) is 0 Å². The Bertz CT molecular complexity index is 471. The molecule has 0 saturated carbocycles. The maximum absolute atomic E-state index is 12.5. The molecule has 1 aliphatic rings. The molecule has 1 aliphatic heterocycles. The summed E-state index contributed by atoms with van der Waals surface area (Å²) in [4.78, 5) is 10.4. The molecule has 2 rings (SSSR count). The summed E-state index contributed by atoms with van der Waals surface area (Å²) in [5.74, 6) is -0.899. The van der Waals surface area contributed by atoms with Crippen LogP contribution >= 0.6 is 0 Å². The maximum atomic E-state index is 12.5. The smallest absolute Gasteiger partial charge is 0.416 e.